The van der Waals surface area contributed by atoms with Gasteiger partial charge in [-0.1, -0.05) is 44.4 Å². The van der Waals surface area contributed by atoms with Crippen molar-refractivity contribution in [3.8, 4) is 0 Å². The van der Waals surface area contributed by atoms with Crippen LogP contribution >= 0.6 is 0 Å². The molecule has 1 N–H and O–H groups in total. The van der Waals surface area contributed by atoms with E-state index in [2.05, 4.69) is 31.2 Å². The van der Waals surface area contributed by atoms with Gasteiger partial charge in [-0.25, -0.2) is 4.39 Å². The molecule has 21 heavy (non-hydrogen) atoms. The van der Waals surface area contributed by atoms with Crippen molar-refractivity contribution in [1.29, 1.82) is 0 Å². The normalized spacial score (nSPS) is 19.7. The van der Waals surface area contributed by atoms with Gasteiger partial charge in [0.2, 0.25) is 0 Å². The predicted molar refractivity (Wildman–Crippen MR) is 87.1 cm³/mol. The Morgan fingerprint density at radius 2 is 1.86 bits per heavy atom. The van der Waals surface area contributed by atoms with Crippen LogP contribution in [0.3, 0.4) is 0 Å². The molecule has 1 aliphatic carbocycles. The van der Waals surface area contributed by atoms with Crippen LogP contribution in [-0.2, 0) is 6.42 Å². The van der Waals surface area contributed by atoms with Gasteiger partial charge in [0.15, 0.2) is 0 Å². The molecule has 2 nitrogen and oxygen atoms in total. The SMILES string of the molecule is CCNC(Cc1ccccc1F)C1(N(C)C)CCCCC1. The number of halogens is 1. The van der Waals surface area contributed by atoms with Gasteiger partial charge in [0.1, 0.15) is 5.82 Å². The van der Waals surface area contributed by atoms with E-state index in [9.17, 15) is 4.39 Å². The summed E-state index contributed by atoms with van der Waals surface area (Å²) in [5.74, 6) is -0.0786. The highest BCUT2D eigenvalue weighted by molar-refractivity contribution is 5.20. The topological polar surface area (TPSA) is 15.3 Å². The van der Waals surface area contributed by atoms with Gasteiger partial charge in [-0.15, -0.1) is 0 Å². The Kier molecular flexibility index (Phi) is 5.77. The summed E-state index contributed by atoms with van der Waals surface area (Å²) in [7, 11) is 4.36. The molecule has 1 aromatic carbocycles. The number of benzene rings is 1. The van der Waals surface area contributed by atoms with Gasteiger partial charge in [0.05, 0.1) is 0 Å². The highest BCUT2D eigenvalue weighted by Gasteiger charge is 2.41. The third-order valence-corrected chi connectivity index (χ3v) is 5.09. The number of rotatable bonds is 6. The Morgan fingerprint density at radius 1 is 1.19 bits per heavy atom. The summed E-state index contributed by atoms with van der Waals surface area (Å²) in [6, 6.07) is 7.50. The molecule has 0 aliphatic heterocycles. The largest absolute Gasteiger partial charge is 0.312 e. The Labute approximate surface area is 128 Å². The van der Waals surface area contributed by atoms with Crippen molar-refractivity contribution in [2.24, 2.45) is 0 Å². The number of hydrogen-bond acceptors (Lipinski definition) is 2. The third kappa shape index (κ3) is 3.64. The van der Waals surface area contributed by atoms with Gasteiger partial charge in [0.25, 0.3) is 0 Å². The number of nitrogens with one attached hydrogen (secondary N) is 1. The first-order valence-electron chi connectivity index (χ1n) is 8.24. The highest BCUT2D eigenvalue weighted by Crippen LogP contribution is 2.36. The summed E-state index contributed by atoms with van der Waals surface area (Å²) in [4.78, 5) is 2.38. The minimum Gasteiger partial charge on any atom is -0.312 e. The minimum atomic E-state index is -0.0786. The molecule has 2 rings (SSSR count). The Morgan fingerprint density at radius 3 is 2.43 bits per heavy atom. The molecule has 0 saturated heterocycles. The molecule has 1 unspecified atom stereocenters. The molecule has 3 heteroatoms. The van der Waals surface area contributed by atoms with Crippen LogP contribution in [0.15, 0.2) is 24.3 Å². The van der Waals surface area contributed by atoms with E-state index >= 15 is 0 Å². The lowest BCUT2D eigenvalue weighted by molar-refractivity contribution is 0.0572. The van der Waals surface area contributed by atoms with Crippen molar-refractivity contribution in [3.05, 3.63) is 35.6 Å². The third-order valence-electron chi connectivity index (χ3n) is 5.09. The lowest BCUT2D eigenvalue weighted by atomic mass is 9.73. The second kappa shape index (κ2) is 7.37. The van der Waals surface area contributed by atoms with Gasteiger partial charge in [-0.05, 0) is 51.5 Å². The zero-order valence-electron chi connectivity index (χ0n) is 13.7. The average Bonchev–Trinajstić information content (AvgIpc) is 2.49. The standard InChI is InChI=1S/C18H29FN2/c1-4-20-17(14-15-10-6-7-11-16(15)19)18(21(2)3)12-8-5-9-13-18/h6-7,10-11,17,20H,4-5,8-9,12-14H2,1-3H3. The second-order valence-corrected chi connectivity index (χ2v) is 6.46. The van der Waals surface area contributed by atoms with E-state index in [0.717, 1.165) is 18.5 Å². The summed E-state index contributed by atoms with van der Waals surface area (Å²) < 4.78 is 14.0. The zero-order chi connectivity index (χ0) is 15.3. The van der Waals surface area contributed by atoms with Crippen LogP contribution in [0.1, 0.15) is 44.6 Å². The summed E-state index contributed by atoms with van der Waals surface area (Å²) in [5.41, 5.74) is 0.978. The average molecular weight is 292 g/mol. The molecule has 118 valence electrons. The Balaban J connectivity index is 2.25. The molecule has 1 fully saturated rings. The fourth-order valence-corrected chi connectivity index (χ4v) is 3.85. The van der Waals surface area contributed by atoms with Gasteiger partial charge in [-0.2, -0.15) is 0 Å². The van der Waals surface area contributed by atoms with Gasteiger partial charge < -0.3 is 10.2 Å². The van der Waals surface area contributed by atoms with Crippen LogP contribution in [-0.4, -0.2) is 37.1 Å². The summed E-state index contributed by atoms with van der Waals surface area (Å²) in [5, 5.41) is 3.64. The van der Waals surface area contributed by atoms with Crippen molar-refractivity contribution in [2.75, 3.05) is 20.6 Å². The van der Waals surface area contributed by atoms with E-state index in [0.29, 0.717) is 6.04 Å². The summed E-state index contributed by atoms with van der Waals surface area (Å²) >= 11 is 0. The van der Waals surface area contributed by atoms with Crippen molar-refractivity contribution in [2.45, 2.75) is 57.0 Å². The van der Waals surface area contributed by atoms with Crippen molar-refractivity contribution in [3.63, 3.8) is 0 Å². The number of hydrogen-bond donors (Lipinski definition) is 1. The maximum atomic E-state index is 14.0. The summed E-state index contributed by atoms with van der Waals surface area (Å²) in [6.45, 7) is 3.06. The first-order valence-corrected chi connectivity index (χ1v) is 8.24. The molecular formula is C18H29FN2. The van der Waals surface area contributed by atoms with Crippen LogP contribution < -0.4 is 5.32 Å². The first kappa shape index (κ1) is 16.4. The Hall–Kier alpha value is -0.930. The quantitative estimate of drug-likeness (QED) is 0.861. The highest BCUT2D eigenvalue weighted by atomic mass is 19.1. The van der Waals surface area contributed by atoms with Crippen molar-refractivity contribution in [1.82, 2.24) is 10.2 Å². The van der Waals surface area contributed by atoms with Gasteiger partial charge >= 0.3 is 0 Å². The van der Waals surface area contributed by atoms with Crippen LogP contribution in [0.5, 0.6) is 0 Å². The molecule has 0 aromatic heterocycles. The molecule has 0 heterocycles. The maximum Gasteiger partial charge on any atom is 0.126 e. The molecule has 1 atom stereocenters. The molecule has 0 amide bonds. The minimum absolute atomic E-state index is 0.0786. The first-order chi connectivity index (χ1) is 10.1. The van der Waals surface area contributed by atoms with E-state index in [4.69, 9.17) is 0 Å². The molecular weight excluding hydrogens is 263 g/mol. The molecule has 0 spiro atoms. The number of likely N-dealkylation sites (N-methyl/N-ethyl adjacent to an activating group) is 2. The van der Waals surface area contributed by atoms with Crippen LogP contribution in [0, 0.1) is 5.82 Å². The van der Waals surface area contributed by atoms with Gasteiger partial charge in [0, 0.05) is 11.6 Å². The van der Waals surface area contributed by atoms with Crippen molar-refractivity contribution >= 4 is 0 Å². The molecule has 0 bridgehead atoms. The van der Waals surface area contributed by atoms with Crippen LogP contribution in [0.4, 0.5) is 4.39 Å². The van der Waals surface area contributed by atoms with E-state index in [1.807, 2.05) is 12.1 Å². The Bertz CT molecular complexity index is 439. The monoisotopic (exact) mass is 292 g/mol. The fourth-order valence-electron chi connectivity index (χ4n) is 3.85. The molecule has 1 saturated carbocycles. The lowest BCUT2D eigenvalue weighted by Gasteiger charge is -2.49. The van der Waals surface area contributed by atoms with E-state index in [-0.39, 0.29) is 11.4 Å². The summed E-state index contributed by atoms with van der Waals surface area (Å²) in [6.07, 6.45) is 7.04. The van der Waals surface area contributed by atoms with Crippen LogP contribution in [0.25, 0.3) is 0 Å². The fraction of sp³-hybridized carbons (Fsp3) is 0.667. The van der Waals surface area contributed by atoms with E-state index < -0.39 is 0 Å². The maximum absolute atomic E-state index is 14.0. The van der Waals surface area contributed by atoms with E-state index in [1.54, 1.807) is 12.1 Å². The van der Waals surface area contributed by atoms with E-state index in [1.165, 1.54) is 32.1 Å². The zero-order valence-corrected chi connectivity index (χ0v) is 13.7. The van der Waals surface area contributed by atoms with Gasteiger partial charge in [-0.3, -0.25) is 0 Å². The predicted octanol–water partition coefficient (Wildman–Crippen LogP) is 3.61. The lowest BCUT2D eigenvalue weighted by Crippen LogP contribution is -2.60. The second-order valence-electron chi connectivity index (χ2n) is 6.46. The molecule has 0 radical (unpaired) electrons. The molecule has 1 aliphatic rings. The van der Waals surface area contributed by atoms with Crippen LogP contribution in [0.2, 0.25) is 0 Å². The molecule has 1 aromatic rings. The number of nitrogens with zero attached hydrogens (tertiary/aromatic N) is 1. The smallest absolute Gasteiger partial charge is 0.126 e. The van der Waals surface area contributed by atoms with Crippen molar-refractivity contribution < 1.29 is 4.39 Å².